The lowest BCUT2D eigenvalue weighted by atomic mass is 10.1. The number of hydrogen-bond donors (Lipinski definition) is 1. The van der Waals surface area contributed by atoms with E-state index in [2.05, 4.69) is 0 Å². The highest BCUT2D eigenvalue weighted by molar-refractivity contribution is 5.43. The molecule has 4 heteroatoms. The maximum Gasteiger partial charge on any atom is 0.168 e. The van der Waals surface area contributed by atoms with Crippen LogP contribution in [0, 0.1) is 5.82 Å². The van der Waals surface area contributed by atoms with E-state index in [9.17, 15) is 4.39 Å². The molecule has 3 nitrogen and oxygen atoms in total. The van der Waals surface area contributed by atoms with Crippen molar-refractivity contribution >= 4 is 5.69 Å². The fraction of sp³-hybridized carbons (Fsp3) is 0.200. The summed E-state index contributed by atoms with van der Waals surface area (Å²) in [6, 6.07) is 12.2. The van der Waals surface area contributed by atoms with Crippen molar-refractivity contribution in [2.24, 2.45) is 0 Å². The van der Waals surface area contributed by atoms with E-state index >= 15 is 0 Å². The van der Waals surface area contributed by atoms with Gasteiger partial charge in [0, 0.05) is 18.2 Å². The third-order valence-electron chi connectivity index (χ3n) is 2.76. The normalized spacial score (nSPS) is 10.2. The van der Waals surface area contributed by atoms with Gasteiger partial charge < -0.3 is 15.2 Å². The van der Waals surface area contributed by atoms with Crippen LogP contribution in [-0.4, -0.2) is 13.7 Å². The minimum absolute atomic E-state index is 0.251. The second kappa shape index (κ2) is 6.09. The van der Waals surface area contributed by atoms with Gasteiger partial charge in [-0.3, -0.25) is 0 Å². The van der Waals surface area contributed by atoms with E-state index < -0.39 is 0 Å². The van der Waals surface area contributed by atoms with Crippen molar-refractivity contribution in [1.29, 1.82) is 0 Å². The molecule has 0 heterocycles. The van der Waals surface area contributed by atoms with Gasteiger partial charge in [0.2, 0.25) is 0 Å². The minimum Gasteiger partial charge on any atom is -0.494 e. The maximum absolute atomic E-state index is 13.9. The average molecular weight is 261 g/mol. The molecular formula is C15H16FNO2. The van der Waals surface area contributed by atoms with Crippen molar-refractivity contribution in [2.45, 2.75) is 6.42 Å². The SMILES string of the molecule is COc1cccc(CCOc2cccc(N)c2)c1F. The molecule has 0 aliphatic carbocycles. The molecule has 2 aromatic rings. The Labute approximate surface area is 111 Å². The molecule has 0 aliphatic heterocycles. The molecule has 0 fully saturated rings. The van der Waals surface area contributed by atoms with Gasteiger partial charge in [-0.2, -0.15) is 0 Å². The highest BCUT2D eigenvalue weighted by Crippen LogP contribution is 2.21. The summed E-state index contributed by atoms with van der Waals surface area (Å²) in [6.45, 7) is 0.382. The van der Waals surface area contributed by atoms with E-state index in [1.165, 1.54) is 7.11 Å². The zero-order valence-electron chi connectivity index (χ0n) is 10.7. The Bertz CT molecular complexity index is 558. The van der Waals surface area contributed by atoms with Crippen LogP contribution in [0.2, 0.25) is 0 Å². The lowest BCUT2D eigenvalue weighted by Crippen LogP contribution is -2.04. The molecule has 0 spiro atoms. The molecule has 0 saturated carbocycles. The Morgan fingerprint density at radius 2 is 1.95 bits per heavy atom. The Morgan fingerprint density at radius 1 is 1.16 bits per heavy atom. The summed E-state index contributed by atoms with van der Waals surface area (Å²) in [7, 11) is 1.45. The standard InChI is InChI=1S/C15H16FNO2/c1-18-14-7-2-4-11(15(14)16)8-9-19-13-6-3-5-12(17)10-13/h2-7,10H,8-9,17H2,1H3. The van der Waals surface area contributed by atoms with E-state index in [0.29, 0.717) is 30.0 Å². The number of rotatable bonds is 5. The van der Waals surface area contributed by atoms with Crippen molar-refractivity contribution in [3.8, 4) is 11.5 Å². The molecule has 0 radical (unpaired) electrons. The van der Waals surface area contributed by atoms with Gasteiger partial charge in [0.25, 0.3) is 0 Å². The number of halogens is 1. The molecule has 0 aliphatic rings. The van der Waals surface area contributed by atoms with Crippen molar-refractivity contribution in [3.05, 3.63) is 53.8 Å². The second-order valence-corrected chi connectivity index (χ2v) is 4.10. The van der Waals surface area contributed by atoms with Crippen LogP contribution >= 0.6 is 0 Å². The molecule has 0 bridgehead atoms. The number of methoxy groups -OCH3 is 1. The molecule has 0 atom stereocenters. The predicted octanol–water partition coefficient (Wildman–Crippen LogP) is 3.04. The van der Waals surface area contributed by atoms with Crippen molar-refractivity contribution in [3.63, 3.8) is 0 Å². The van der Waals surface area contributed by atoms with Gasteiger partial charge in [-0.1, -0.05) is 18.2 Å². The fourth-order valence-electron chi connectivity index (χ4n) is 1.79. The molecular weight excluding hydrogens is 245 g/mol. The van der Waals surface area contributed by atoms with Crippen molar-refractivity contribution < 1.29 is 13.9 Å². The van der Waals surface area contributed by atoms with E-state index in [4.69, 9.17) is 15.2 Å². The summed E-state index contributed by atoms with van der Waals surface area (Å²) in [5, 5.41) is 0. The van der Waals surface area contributed by atoms with Crippen molar-refractivity contribution in [2.75, 3.05) is 19.5 Å². The van der Waals surface area contributed by atoms with Gasteiger partial charge >= 0.3 is 0 Å². The Hall–Kier alpha value is -2.23. The Balaban J connectivity index is 1.96. The average Bonchev–Trinajstić information content (AvgIpc) is 2.41. The third-order valence-corrected chi connectivity index (χ3v) is 2.76. The molecule has 0 amide bonds. The van der Waals surface area contributed by atoms with Crippen molar-refractivity contribution in [1.82, 2.24) is 0 Å². The summed E-state index contributed by atoms with van der Waals surface area (Å²) < 4.78 is 24.3. The summed E-state index contributed by atoms with van der Waals surface area (Å²) >= 11 is 0. The highest BCUT2D eigenvalue weighted by Gasteiger charge is 2.08. The number of ether oxygens (including phenoxy) is 2. The largest absolute Gasteiger partial charge is 0.494 e. The molecule has 0 unspecified atom stereocenters. The van der Waals surface area contributed by atoms with Crippen LogP contribution < -0.4 is 15.2 Å². The zero-order chi connectivity index (χ0) is 13.7. The van der Waals surface area contributed by atoms with Crippen LogP contribution in [0.25, 0.3) is 0 Å². The summed E-state index contributed by atoms with van der Waals surface area (Å²) in [4.78, 5) is 0. The maximum atomic E-state index is 13.9. The number of nitrogen functional groups attached to an aromatic ring is 1. The van der Waals surface area contributed by atoms with Crippen LogP contribution in [0.1, 0.15) is 5.56 Å². The summed E-state index contributed by atoms with van der Waals surface area (Å²) in [5.74, 6) is 0.603. The first-order chi connectivity index (χ1) is 9.20. The van der Waals surface area contributed by atoms with E-state index in [1.807, 2.05) is 12.1 Å². The third kappa shape index (κ3) is 3.37. The first-order valence-corrected chi connectivity index (χ1v) is 6.00. The fourth-order valence-corrected chi connectivity index (χ4v) is 1.79. The molecule has 2 rings (SSSR count). The molecule has 19 heavy (non-hydrogen) atoms. The van der Waals surface area contributed by atoms with Gasteiger partial charge in [0.05, 0.1) is 13.7 Å². The zero-order valence-corrected chi connectivity index (χ0v) is 10.7. The van der Waals surface area contributed by atoms with Gasteiger partial charge in [0.15, 0.2) is 11.6 Å². The molecule has 0 saturated heterocycles. The van der Waals surface area contributed by atoms with Crippen LogP contribution in [0.15, 0.2) is 42.5 Å². The number of anilines is 1. The molecule has 0 aromatic heterocycles. The molecule has 100 valence electrons. The molecule has 2 aromatic carbocycles. The lowest BCUT2D eigenvalue weighted by molar-refractivity contribution is 0.318. The van der Waals surface area contributed by atoms with Crippen LogP contribution in [0.4, 0.5) is 10.1 Å². The van der Waals surface area contributed by atoms with Gasteiger partial charge in [-0.05, 0) is 23.8 Å². The number of benzene rings is 2. The molecule has 2 N–H and O–H groups in total. The van der Waals surface area contributed by atoms with Crippen LogP contribution in [0.5, 0.6) is 11.5 Å². The summed E-state index contributed by atoms with van der Waals surface area (Å²) in [6.07, 6.45) is 0.470. The second-order valence-electron chi connectivity index (χ2n) is 4.10. The quantitative estimate of drug-likeness (QED) is 0.841. The number of nitrogens with two attached hydrogens (primary N) is 1. The topological polar surface area (TPSA) is 44.5 Å². The Kier molecular flexibility index (Phi) is 4.23. The van der Waals surface area contributed by atoms with E-state index in [-0.39, 0.29) is 11.6 Å². The van der Waals surface area contributed by atoms with Gasteiger partial charge in [-0.25, -0.2) is 4.39 Å². The first-order valence-electron chi connectivity index (χ1n) is 6.00. The number of hydrogen-bond acceptors (Lipinski definition) is 3. The minimum atomic E-state index is -0.332. The van der Waals surface area contributed by atoms with Crippen LogP contribution in [-0.2, 0) is 6.42 Å². The predicted molar refractivity (Wildman–Crippen MR) is 73.0 cm³/mol. The van der Waals surface area contributed by atoms with E-state index in [1.54, 1.807) is 30.3 Å². The van der Waals surface area contributed by atoms with Gasteiger partial charge in [0.1, 0.15) is 5.75 Å². The summed E-state index contributed by atoms with van der Waals surface area (Å²) in [5.41, 5.74) is 6.86. The van der Waals surface area contributed by atoms with Gasteiger partial charge in [-0.15, -0.1) is 0 Å². The van der Waals surface area contributed by atoms with E-state index in [0.717, 1.165) is 0 Å². The highest BCUT2D eigenvalue weighted by atomic mass is 19.1. The smallest absolute Gasteiger partial charge is 0.168 e. The Morgan fingerprint density at radius 3 is 2.68 bits per heavy atom. The first kappa shape index (κ1) is 13.2. The lowest BCUT2D eigenvalue weighted by Gasteiger charge is -2.09. The monoisotopic (exact) mass is 261 g/mol. The van der Waals surface area contributed by atoms with Crippen LogP contribution in [0.3, 0.4) is 0 Å².